The van der Waals surface area contributed by atoms with Gasteiger partial charge in [-0.05, 0) is 36.5 Å². The van der Waals surface area contributed by atoms with E-state index in [9.17, 15) is 0 Å². The molecule has 0 aliphatic carbocycles. The van der Waals surface area contributed by atoms with Gasteiger partial charge in [0.15, 0.2) is 0 Å². The smallest absolute Gasteiger partial charge is 0.145 e. The Morgan fingerprint density at radius 3 is 1.56 bits per heavy atom. The Kier molecular flexibility index (Phi) is 3.98. The van der Waals surface area contributed by atoms with Crippen LogP contribution in [0, 0.1) is 16.7 Å². The van der Waals surface area contributed by atoms with Gasteiger partial charge < -0.3 is 0 Å². The van der Waals surface area contributed by atoms with Crippen molar-refractivity contribution in [3.8, 4) is 0 Å². The number of rotatable bonds is 3. The fourth-order valence-electron chi connectivity index (χ4n) is 4.01. The Hall–Kier alpha value is -0.0800. The summed E-state index contributed by atoms with van der Waals surface area (Å²) in [5.41, 5.74) is -0.319. The topological polar surface area (TPSA) is 18.5 Å². The molecule has 2 heteroatoms. The van der Waals surface area contributed by atoms with E-state index in [1.807, 2.05) is 0 Å². The summed E-state index contributed by atoms with van der Waals surface area (Å²) in [5, 5.41) is 0. The predicted octanol–water partition coefficient (Wildman–Crippen LogP) is 4.97. The lowest BCUT2D eigenvalue weighted by Crippen LogP contribution is -2.76. The zero-order chi connectivity index (χ0) is 14.4. The van der Waals surface area contributed by atoms with Crippen LogP contribution < -0.4 is 0 Å². The van der Waals surface area contributed by atoms with Crippen molar-refractivity contribution in [2.45, 2.75) is 86.4 Å². The molecule has 108 valence electrons. The lowest BCUT2D eigenvalue weighted by molar-refractivity contribution is -0.589. The molecule has 1 saturated heterocycles. The normalized spacial score (nSPS) is 28.3. The van der Waals surface area contributed by atoms with Crippen LogP contribution in [0.25, 0.3) is 0 Å². The highest BCUT2D eigenvalue weighted by Crippen LogP contribution is 2.61. The molecular weight excluding hydrogens is 224 g/mol. The first-order valence-electron chi connectivity index (χ1n) is 7.24. The molecule has 0 spiro atoms. The fourth-order valence-corrected chi connectivity index (χ4v) is 4.01. The summed E-state index contributed by atoms with van der Waals surface area (Å²) >= 11 is 0. The highest BCUT2D eigenvalue weighted by atomic mass is 17.3. The van der Waals surface area contributed by atoms with Crippen molar-refractivity contribution >= 4 is 0 Å². The Morgan fingerprint density at radius 2 is 1.33 bits per heavy atom. The summed E-state index contributed by atoms with van der Waals surface area (Å²) in [5.74, 6) is 0.698. The minimum atomic E-state index is -0.234. The molecule has 1 aliphatic rings. The molecule has 0 aromatic heterocycles. The number of hydrogen-bond donors (Lipinski definition) is 0. The Bertz CT molecular complexity index is 279. The minimum Gasteiger partial charge on any atom is -0.226 e. The van der Waals surface area contributed by atoms with Crippen LogP contribution in [0.15, 0.2) is 0 Å². The van der Waals surface area contributed by atoms with Crippen LogP contribution >= 0.6 is 0 Å². The van der Waals surface area contributed by atoms with E-state index in [4.69, 9.17) is 9.78 Å². The minimum absolute atomic E-state index is 0.0508. The maximum Gasteiger partial charge on any atom is 0.145 e. The first-order valence-corrected chi connectivity index (χ1v) is 7.24. The average Bonchev–Trinajstić information content (AvgIpc) is 2.07. The van der Waals surface area contributed by atoms with Gasteiger partial charge in [0.1, 0.15) is 11.2 Å². The Balaban J connectivity index is 3.07. The van der Waals surface area contributed by atoms with Gasteiger partial charge >= 0.3 is 0 Å². The maximum atomic E-state index is 5.80. The molecule has 18 heavy (non-hydrogen) atoms. The van der Waals surface area contributed by atoms with Crippen LogP contribution in [0.2, 0.25) is 0 Å². The average molecular weight is 256 g/mol. The third kappa shape index (κ3) is 2.22. The summed E-state index contributed by atoms with van der Waals surface area (Å²) in [6, 6.07) is 0. The van der Waals surface area contributed by atoms with Gasteiger partial charge in [0.05, 0.1) is 0 Å². The second-order valence-electron chi connectivity index (χ2n) is 8.51. The van der Waals surface area contributed by atoms with Crippen molar-refractivity contribution in [1.82, 2.24) is 0 Å². The van der Waals surface area contributed by atoms with Crippen LogP contribution in [0.4, 0.5) is 0 Å². The van der Waals surface area contributed by atoms with Crippen LogP contribution in [-0.4, -0.2) is 11.2 Å². The molecule has 0 radical (unpaired) electrons. The first-order chi connectivity index (χ1) is 7.87. The predicted molar refractivity (Wildman–Crippen MR) is 76.3 cm³/mol. The largest absolute Gasteiger partial charge is 0.226 e. The van der Waals surface area contributed by atoms with Gasteiger partial charge in [0, 0.05) is 0 Å². The number of hydrogen-bond acceptors (Lipinski definition) is 2. The van der Waals surface area contributed by atoms with Crippen molar-refractivity contribution in [3.05, 3.63) is 0 Å². The van der Waals surface area contributed by atoms with Gasteiger partial charge in [0.2, 0.25) is 0 Å². The van der Waals surface area contributed by atoms with E-state index in [0.29, 0.717) is 5.92 Å². The molecular formula is C16H32O2. The zero-order valence-corrected chi connectivity index (χ0v) is 13.8. The van der Waals surface area contributed by atoms with Crippen LogP contribution in [0.1, 0.15) is 75.2 Å². The van der Waals surface area contributed by atoms with E-state index in [0.717, 1.165) is 6.42 Å². The van der Waals surface area contributed by atoms with Gasteiger partial charge in [-0.15, -0.1) is 0 Å². The SMILES string of the molecule is CC(C)CCC1(C)OOC1(C(C)(C)C)C(C)(C)C. The van der Waals surface area contributed by atoms with E-state index in [2.05, 4.69) is 62.3 Å². The Labute approximate surface area is 113 Å². The van der Waals surface area contributed by atoms with Crippen molar-refractivity contribution in [2.75, 3.05) is 0 Å². The van der Waals surface area contributed by atoms with Crippen LogP contribution in [-0.2, 0) is 9.78 Å². The van der Waals surface area contributed by atoms with Gasteiger partial charge in [-0.2, -0.15) is 0 Å². The summed E-state index contributed by atoms with van der Waals surface area (Å²) in [4.78, 5) is 11.4. The van der Waals surface area contributed by atoms with Crippen molar-refractivity contribution < 1.29 is 9.78 Å². The molecule has 0 aromatic rings. The maximum absolute atomic E-state index is 5.80. The fraction of sp³-hybridized carbons (Fsp3) is 1.00. The molecule has 0 saturated carbocycles. The van der Waals surface area contributed by atoms with Gasteiger partial charge in [-0.25, -0.2) is 9.78 Å². The highest BCUT2D eigenvalue weighted by molar-refractivity contribution is 5.15. The zero-order valence-electron chi connectivity index (χ0n) is 13.8. The van der Waals surface area contributed by atoms with E-state index in [1.165, 1.54) is 6.42 Å². The van der Waals surface area contributed by atoms with Gasteiger partial charge in [-0.1, -0.05) is 55.4 Å². The second-order valence-corrected chi connectivity index (χ2v) is 8.51. The quantitative estimate of drug-likeness (QED) is 0.663. The summed E-state index contributed by atoms with van der Waals surface area (Å²) in [6.07, 6.45) is 2.23. The highest BCUT2D eigenvalue weighted by Gasteiger charge is 2.71. The molecule has 0 N–H and O–H groups in total. The van der Waals surface area contributed by atoms with E-state index < -0.39 is 0 Å². The standard InChI is InChI=1S/C16H32O2/c1-12(2)10-11-15(9)16(18-17-15,13(3,4)5)14(6,7)8/h12H,10-11H2,1-9H3. The second kappa shape index (κ2) is 4.49. The van der Waals surface area contributed by atoms with Gasteiger partial charge in [0.25, 0.3) is 0 Å². The summed E-state index contributed by atoms with van der Waals surface area (Å²) in [7, 11) is 0. The lowest BCUT2D eigenvalue weighted by atomic mass is 9.53. The van der Waals surface area contributed by atoms with Crippen molar-refractivity contribution in [3.63, 3.8) is 0 Å². The molecule has 0 aromatic carbocycles. The Morgan fingerprint density at radius 1 is 0.889 bits per heavy atom. The summed E-state index contributed by atoms with van der Waals surface area (Å²) in [6.45, 7) is 20.3. The lowest BCUT2D eigenvalue weighted by Gasteiger charge is -2.66. The van der Waals surface area contributed by atoms with E-state index in [1.54, 1.807) is 0 Å². The third-order valence-corrected chi connectivity index (χ3v) is 4.41. The molecule has 1 aliphatic heterocycles. The molecule has 1 heterocycles. The monoisotopic (exact) mass is 256 g/mol. The van der Waals surface area contributed by atoms with E-state index >= 15 is 0 Å². The molecule has 1 atom stereocenters. The van der Waals surface area contributed by atoms with Crippen LogP contribution in [0.3, 0.4) is 0 Å². The van der Waals surface area contributed by atoms with Gasteiger partial charge in [-0.3, -0.25) is 0 Å². The molecule has 1 fully saturated rings. The van der Waals surface area contributed by atoms with Crippen molar-refractivity contribution in [1.29, 1.82) is 0 Å². The molecule has 0 amide bonds. The third-order valence-electron chi connectivity index (χ3n) is 4.41. The van der Waals surface area contributed by atoms with E-state index in [-0.39, 0.29) is 22.0 Å². The summed E-state index contributed by atoms with van der Waals surface area (Å²) < 4.78 is 0. The molecule has 1 unspecified atom stereocenters. The molecule has 0 bridgehead atoms. The first kappa shape index (κ1) is 16.0. The molecule has 1 rings (SSSR count). The van der Waals surface area contributed by atoms with Crippen LogP contribution in [0.5, 0.6) is 0 Å². The molecule has 2 nitrogen and oxygen atoms in total. The van der Waals surface area contributed by atoms with Crippen molar-refractivity contribution in [2.24, 2.45) is 16.7 Å².